The van der Waals surface area contributed by atoms with Gasteiger partial charge < -0.3 is 5.32 Å². The van der Waals surface area contributed by atoms with Crippen LogP contribution in [0.25, 0.3) is 11.4 Å². The molecule has 1 aromatic carbocycles. The van der Waals surface area contributed by atoms with Gasteiger partial charge in [0, 0.05) is 17.8 Å². The van der Waals surface area contributed by atoms with Gasteiger partial charge in [-0.25, -0.2) is 20.2 Å². The number of halogens is 1. The third-order valence-corrected chi connectivity index (χ3v) is 2.69. The normalized spacial score (nSPS) is 10.5. The summed E-state index contributed by atoms with van der Waals surface area (Å²) >= 11 is 0. The molecule has 0 fully saturated rings. The van der Waals surface area contributed by atoms with Crippen LogP contribution in [0, 0.1) is 5.82 Å². The third kappa shape index (κ3) is 3.51. The third-order valence-electron chi connectivity index (χ3n) is 2.69. The monoisotopic (exact) mass is 289 g/mol. The van der Waals surface area contributed by atoms with E-state index in [0.29, 0.717) is 17.2 Å². The molecule has 0 bridgehead atoms. The summed E-state index contributed by atoms with van der Waals surface area (Å²) < 4.78 is 12.9. The molecule has 0 aliphatic rings. The Morgan fingerprint density at radius 1 is 1.29 bits per heavy atom. The smallest absolute Gasteiger partial charge is 0.270 e. The first kappa shape index (κ1) is 14.9. The number of hydrazine groups is 1. The molecule has 1 heterocycles. The molecule has 6 nitrogen and oxygen atoms in total. The Kier molecular flexibility index (Phi) is 4.44. The molecular weight excluding hydrogens is 273 g/mol. The molecule has 4 N–H and O–H groups in total. The summed E-state index contributed by atoms with van der Waals surface area (Å²) in [5, 5.41) is 3.07. The van der Waals surface area contributed by atoms with E-state index in [9.17, 15) is 9.18 Å². The Hall–Kier alpha value is -2.54. The second kappa shape index (κ2) is 6.27. The number of nitrogens with zero attached hydrogens (tertiary/aromatic N) is 2. The van der Waals surface area contributed by atoms with Gasteiger partial charge in [0.15, 0.2) is 5.82 Å². The number of rotatable bonds is 4. The van der Waals surface area contributed by atoms with Gasteiger partial charge in [-0.3, -0.25) is 10.2 Å². The summed E-state index contributed by atoms with van der Waals surface area (Å²) in [6.45, 7) is 3.84. The van der Waals surface area contributed by atoms with Crippen LogP contribution in [0.1, 0.15) is 24.2 Å². The minimum atomic E-state index is -0.483. The van der Waals surface area contributed by atoms with E-state index in [4.69, 9.17) is 5.84 Å². The van der Waals surface area contributed by atoms with E-state index in [1.165, 1.54) is 18.3 Å². The average Bonchev–Trinajstić information content (AvgIpc) is 2.46. The van der Waals surface area contributed by atoms with E-state index >= 15 is 0 Å². The zero-order valence-electron chi connectivity index (χ0n) is 11.7. The lowest BCUT2D eigenvalue weighted by Crippen LogP contribution is -2.31. The highest BCUT2D eigenvalue weighted by Crippen LogP contribution is 2.20. The van der Waals surface area contributed by atoms with Crippen LogP contribution < -0.4 is 16.6 Å². The van der Waals surface area contributed by atoms with E-state index < -0.39 is 5.91 Å². The number of hydrogen-bond acceptors (Lipinski definition) is 5. The van der Waals surface area contributed by atoms with E-state index in [1.54, 1.807) is 12.1 Å². The highest BCUT2D eigenvalue weighted by molar-refractivity contribution is 5.98. The van der Waals surface area contributed by atoms with Crippen LogP contribution >= 0.6 is 0 Å². The number of carbonyl (C=O) groups excluding carboxylic acids is 1. The second-order valence-electron chi connectivity index (χ2n) is 4.74. The van der Waals surface area contributed by atoms with Gasteiger partial charge in [0.1, 0.15) is 17.2 Å². The van der Waals surface area contributed by atoms with Gasteiger partial charge in [-0.15, -0.1) is 0 Å². The van der Waals surface area contributed by atoms with Gasteiger partial charge >= 0.3 is 0 Å². The number of amides is 1. The fraction of sp³-hybridized carbons (Fsp3) is 0.214. The van der Waals surface area contributed by atoms with Crippen LogP contribution in [0.4, 0.5) is 10.2 Å². The first-order valence-electron chi connectivity index (χ1n) is 6.41. The molecule has 0 aliphatic carbocycles. The fourth-order valence-electron chi connectivity index (χ4n) is 1.75. The van der Waals surface area contributed by atoms with Crippen LogP contribution in [0.5, 0.6) is 0 Å². The van der Waals surface area contributed by atoms with Crippen molar-refractivity contribution < 1.29 is 9.18 Å². The Morgan fingerprint density at radius 2 is 1.95 bits per heavy atom. The van der Waals surface area contributed by atoms with Gasteiger partial charge in [0.25, 0.3) is 5.91 Å². The van der Waals surface area contributed by atoms with Crippen molar-refractivity contribution in [2.75, 3.05) is 5.32 Å². The molecule has 1 amide bonds. The number of nitrogens with one attached hydrogen (secondary N) is 2. The van der Waals surface area contributed by atoms with Crippen molar-refractivity contribution in [1.29, 1.82) is 0 Å². The van der Waals surface area contributed by atoms with Gasteiger partial charge in [0.05, 0.1) is 0 Å². The van der Waals surface area contributed by atoms with E-state index in [1.807, 2.05) is 13.8 Å². The van der Waals surface area contributed by atoms with Gasteiger partial charge in [-0.2, -0.15) is 0 Å². The van der Waals surface area contributed by atoms with Crippen molar-refractivity contribution >= 4 is 11.7 Å². The minimum Gasteiger partial charge on any atom is -0.367 e. The van der Waals surface area contributed by atoms with Crippen LogP contribution in [-0.4, -0.2) is 21.9 Å². The van der Waals surface area contributed by atoms with E-state index in [-0.39, 0.29) is 17.4 Å². The van der Waals surface area contributed by atoms with Crippen LogP contribution in [-0.2, 0) is 0 Å². The van der Waals surface area contributed by atoms with E-state index in [0.717, 1.165) is 0 Å². The average molecular weight is 289 g/mol. The molecule has 2 aromatic rings. The maximum atomic E-state index is 12.9. The SMILES string of the molecule is CC(C)Nc1nc(-c2ccc(F)cc2)ncc1C(=O)NN. The maximum absolute atomic E-state index is 12.9. The molecule has 7 heteroatoms. The van der Waals surface area contributed by atoms with Crippen molar-refractivity contribution in [2.45, 2.75) is 19.9 Å². The molecule has 0 radical (unpaired) electrons. The lowest BCUT2D eigenvalue weighted by Gasteiger charge is -2.13. The van der Waals surface area contributed by atoms with Gasteiger partial charge in [-0.05, 0) is 38.1 Å². The Morgan fingerprint density at radius 3 is 2.52 bits per heavy atom. The number of nitrogens with two attached hydrogens (primary N) is 1. The Balaban J connectivity index is 2.45. The fourth-order valence-corrected chi connectivity index (χ4v) is 1.75. The second-order valence-corrected chi connectivity index (χ2v) is 4.74. The van der Waals surface area contributed by atoms with Crippen LogP contribution in [0.15, 0.2) is 30.5 Å². The highest BCUT2D eigenvalue weighted by atomic mass is 19.1. The van der Waals surface area contributed by atoms with E-state index in [2.05, 4.69) is 20.7 Å². The van der Waals surface area contributed by atoms with Crippen LogP contribution in [0.2, 0.25) is 0 Å². The lowest BCUT2D eigenvalue weighted by molar-refractivity contribution is 0.0954. The molecule has 0 unspecified atom stereocenters. The van der Waals surface area contributed by atoms with Crippen molar-refractivity contribution in [3.05, 3.63) is 41.8 Å². The van der Waals surface area contributed by atoms with Crippen molar-refractivity contribution in [2.24, 2.45) is 5.84 Å². The molecule has 0 spiro atoms. The largest absolute Gasteiger partial charge is 0.367 e. The van der Waals surface area contributed by atoms with Crippen molar-refractivity contribution in [3.63, 3.8) is 0 Å². The molecule has 2 rings (SSSR count). The summed E-state index contributed by atoms with van der Waals surface area (Å²) in [6.07, 6.45) is 1.39. The minimum absolute atomic E-state index is 0.0743. The predicted molar refractivity (Wildman–Crippen MR) is 77.8 cm³/mol. The molecule has 1 aromatic heterocycles. The maximum Gasteiger partial charge on any atom is 0.270 e. The number of nitrogen functional groups attached to an aromatic ring is 1. The summed E-state index contributed by atoms with van der Waals surface area (Å²) in [7, 11) is 0. The predicted octanol–water partition coefficient (Wildman–Crippen LogP) is 1.71. The zero-order chi connectivity index (χ0) is 15.4. The molecular formula is C14H16FN5O. The van der Waals surface area contributed by atoms with Gasteiger partial charge in [-0.1, -0.05) is 0 Å². The Bertz CT molecular complexity index is 642. The molecule has 110 valence electrons. The van der Waals surface area contributed by atoms with Crippen molar-refractivity contribution in [1.82, 2.24) is 15.4 Å². The molecule has 0 saturated heterocycles. The quantitative estimate of drug-likeness (QED) is 0.452. The molecule has 0 saturated carbocycles. The number of hydrogen-bond donors (Lipinski definition) is 3. The topological polar surface area (TPSA) is 92.9 Å². The highest BCUT2D eigenvalue weighted by Gasteiger charge is 2.15. The number of benzene rings is 1. The lowest BCUT2D eigenvalue weighted by atomic mass is 10.2. The van der Waals surface area contributed by atoms with Crippen molar-refractivity contribution in [3.8, 4) is 11.4 Å². The molecule has 21 heavy (non-hydrogen) atoms. The van der Waals surface area contributed by atoms with Gasteiger partial charge in [0.2, 0.25) is 0 Å². The summed E-state index contributed by atoms with van der Waals surface area (Å²) in [5.41, 5.74) is 2.96. The first-order valence-corrected chi connectivity index (χ1v) is 6.41. The number of carbonyl (C=O) groups is 1. The van der Waals surface area contributed by atoms with Crippen LogP contribution in [0.3, 0.4) is 0 Å². The molecule has 0 aliphatic heterocycles. The summed E-state index contributed by atoms with van der Waals surface area (Å²) in [6, 6.07) is 5.88. The summed E-state index contributed by atoms with van der Waals surface area (Å²) in [4.78, 5) is 20.1. The summed E-state index contributed by atoms with van der Waals surface area (Å²) in [5.74, 6) is 5.10. The number of anilines is 1. The number of aromatic nitrogens is 2. The first-order chi connectivity index (χ1) is 10.0. The molecule has 0 atom stereocenters. The zero-order valence-corrected chi connectivity index (χ0v) is 11.7. The Labute approximate surface area is 121 Å². The standard InChI is InChI=1S/C14H16FN5O/c1-8(2)18-13-11(14(21)20-16)7-17-12(19-13)9-3-5-10(15)6-4-9/h3-8H,16H2,1-2H3,(H,20,21)(H,17,18,19).